The van der Waals surface area contributed by atoms with Crippen molar-refractivity contribution in [3.05, 3.63) is 26.9 Å². The summed E-state index contributed by atoms with van der Waals surface area (Å²) in [6.45, 7) is 0. The molecule has 0 fully saturated rings. The van der Waals surface area contributed by atoms with Crippen LogP contribution in [0.3, 0.4) is 0 Å². The van der Waals surface area contributed by atoms with Crippen LogP contribution in [0.4, 0.5) is 0 Å². The lowest BCUT2D eigenvalue weighted by Gasteiger charge is -1.89. The zero-order chi connectivity index (χ0) is 9.42. The maximum absolute atomic E-state index is 10.7. The number of rotatable bonds is 1. The summed E-state index contributed by atoms with van der Waals surface area (Å²) in [6, 6.07) is 1.69. The number of hydrogen-bond acceptors (Lipinski definition) is 3. The SMILES string of the molecule is O=C(O)c1cc2c(I)cncc2s1. The number of pyridine rings is 1. The third-order valence-corrected chi connectivity index (χ3v) is 3.53. The first-order chi connectivity index (χ1) is 6.18. The summed E-state index contributed by atoms with van der Waals surface area (Å²) < 4.78 is 1.91. The summed E-state index contributed by atoms with van der Waals surface area (Å²) in [5, 5.41) is 9.73. The first-order valence-corrected chi connectivity index (χ1v) is 5.34. The monoisotopic (exact) mass is 305 g/mol. The minimum Gasteiger partial charge on any atom is -0.477 e. The third kappa shape index (κ3) is 1.53. The molecule has 0 atom stereocenters. The van der Waals surface area contributed by atoms with Gasteiger partial charge >= 0.3 is 5.97 Å². The molecular formula is C8H4INO2S. The maximum Gasteiger partial charge on any atom is 0.345 e. The highest BCUT2D eigenvalue weighted by molar-refractivity contribution is 14.1. The Morgan fingerprint density at radius 3 is 2.92 bits per heavy atom. The van der Waals surface area contributed by atoms with E-state index in [0.717, 1.165) is 13.7 Å². The number of carboxylic acids is 1. The lowest BCUT2D eigenvalue weighted by molar-refractivity contribution is 0.0702. The lowest BCUT2D eigenvalue weighted by Crippen LogP contribution is -1.89. The van der Waals surface area contributed by atoms with Gasteiger partial charge in [-0.25, -0.2) is 4.79 Å². The Labute approximate surface area is 91.6 Å². The van der Waals surface area contributed by atoms with Gasteiger partial charge < -0.3 is 5.11 Å². The Morgan fingerprint density at radius 2 is 2.31 bits per heavy atom. The van der Waals surface area contributed by atoms with E-state index in [4.69, 9.17) is 5.11 Å². The smallest absolute Gasteiger partial charge is 0.345 e. The van der Waals surface area contributed by atoms with E-state index in [1.165, 1.54) is 11.3 Å². The predicted octanol–water partition coefficient (Wildman–Crippen LogP) is 2.60. The topological polar surface area (TPSA) is 50.2 Å². The number of nitrogens with zero attached hydrogens (tertiary/aromatic N) is 1. The number of carbonyl (C=O) groups is 1. The Balaban J connectivity index is 2.75. The van der Waals surface area contributed by atoms with E-state index in [9.17, 15) is 4.79 Å². The molecule has 0 radical (unpaired) electrons. The summed E-state index contributed by atoms with van der Waals surface area (Å²) in [4.78, 5) is 15.0. The standard InChI is InChI=1S/C8H4INO2S/c9-5-2-10-3-7-4(5)1-6(13-7)8(11)12/h1-3H,(H,11,12). The normalized spacial score (nSPS) is 10.5. The molecule has 2 aromatic rings. The van der Waals surface area contributed by atoms with Crippen LogP contribution in [-0.2, 0) is 0 Å². The first kappa shape index (κ1) is 8.89. The Bertz CT molecular complexity index is 480. The van der Waals surface area contributed by atoms with Crippen LogP contribution in [0.2, 0.25) is 0 Å². The van der Waals surface area contributed by atoms with Crippen molar-refractivity contribution < 1.29 is 9.90 Å². The number of aromatic carboxylic acids is 1. The van der Waals surface area contributed by atoms with E-state index in [2.05, 4.69) is 27.6 Å². The Morgan fingerprint density at radius 1 is 1.54 bits per heavy atom. The van der Waals surface area contributed by atoms with Gasteiger partial charge in [-0.1, -0.05) is 0 Å². The molecule has 0 bridgehead atoms. The van der Waals surface area contributed by atoms with Crippen molar-refractivity contribution in [3.63, 3.8) is 0 Å². The average molecular weight is 305 g/mol. The second-order valence-electron chi connectivity index (χ2n) is 2.45. The summed E-state index contributed by atoms with van der Waals surface area (Å²) in [7, 11) is 0. The molecule has 0 unspecified atom stereocenters. The third-order valence-electron chi connectivity index (χ3n) is 1.61. The van der Waals surface area contributed by atoms with Crippen molar-refractivity contribution >= 4 is 50.0 Å². The molecule has 3 nitrogen and oxygen atoms in total. The molecular weight excluding hydrogens is 301 g/mol. The summed E-state index contributed by atoms with van der Waals surface area (Å²) in [6.07, 6.45) is 3.41. The summed E-state index contributed by atoms with van der Waals surface area (Å²) >= 11 is 3.40. The molecule has 2 rings (SSSR count). The Hall–Kier alpha value is -0.690. The van der Waals surface area contributed by atoms with Crippen molar-refractivity contribution in [2.75, 3.05) is 0 Å². The van der Waals surface area contributed by atoms with Gasteiger partial charge in [0, 0.05) is 21.4 Å². The molecule has 0 saturated heterocycles. The van der Waals surface area contributed by atoms with Crippen LogP contribution in [0.1, 0.15) is 9.67 Å². The van der Waals surface area contributed by atoms with Crippen molar-refractivity contribution in [1.29, 1.82) is 0 Å². The number of thiophene rings is 1. The molecule has 1 N–H and O–H groups in total. The fraction of sp³-hybridized carbons (Fsp3) is 0. The number of fused-ring (bicyclic) bond motifs is 1. The van der Waals surface area contributed by atoms with Gasteiger partial charge in [-0.05, 0) is 28.7 Å². The van der Waals surface area contributed by atoms with Crippen molar-refractivity contribution in [3.8, 4) is 0 Å². The lowest BCUT2D eigenvalue weighted by atomic mass is 10.3. The van der Waals surface area contributed by atoms with Crippen LogP contribution in [0, 0.1) is 3.57 Å². The summed E-state index contributed by atoms with van der Waals surface area (Å²) in [5.74, 6) is -0.878. The largest absolute Gasteiger partial charge is 0.477 e. The highest BCUT2D eigenvalue weighted by atomic mass is 127. The zero-order valence-corrected chi connectivity index (χ0v) is 9.29. The number of carboxylic acid groups (broad SMARTS) is 1. The van der Waals surface area contributed by atoms with E-state index in [1.807, 2.05) is 0 Å². The van der Waals surface area contributed by atoms with Crippen molar-refractivity contribution in [2.24, 2.45) is 0 Å². The molecule has 0 amide bonds. The van der Waals surface area contributed by atoms with Gasteiger partial charge in [0.15, 0.2) is 0 Å². The van der Waals surface area contributed by atoms with E-state index in [0.29, 0.717) is 4.88 Å². The number of hydrogen-bond donors (Lipinski definition) is 1. The van der Waals surface area contributed by atoms with Crippen LogP contribution in [-0.4, -0.2) is 16.1 Å². The predicted molar refractivity (Wildman–Crippen MR) is 59.3 cm³/mol. The fourth-order valence-electron chi connectivity index (χ4n) is 1.03. The number of halogens is 1. The van der Waals surface area contributed by atoms with Crippen LogP contribution in [0.25, 0.3) is 10.1 Å². The van der Waals surface area contributed by atoms with Gasteiger partial charge in [0.25, 0.3) is 0 Å². The molecule has 5 heteroatoms. The minimum absolute atomic E-state index is 0.362. The molecule has 0 saturated carbocycles. The molecule has 2 heterocycles. The van der Waals surface area contributed by atoms with Gasteiger partial charge in [0.1, 0.15) is 4.88 Å². The second kappa shape index (κ2) is 3.22. The fourth-order valence-corrected chi connectivity index (χ4v) is 2.72. The minimum atomic E-state index is -0.878. The highest BCUT2D eigenvalue weighted by Crippen LogP contribution is 2.28. The molecule has 0 aromatic carbocycles. The zero-order valence-electron chi connectivity index (χ0n) is 6.32. The maximum atomic E-state index is 10.7. The molecule has 13 heavy (non-hydrogen) atoms. The van der Waals surface area contributed by atoms with Gasteiger partial charge in [-0.15, -0.1) is 11.3 Å². The van der Waals surface area contributed by atoms with E-state index < -0.39 is 5.97 Å². The molecule has 0 aliphatic rings. The summed E-state index contributed by atoms with van der Waals surface area (Å²) in [5.41, 5.74) is 0. The van der Waals surface area contributed by atoms with Crippen LogP contribution < -0.4 is 0 Å². The van der Waals surface area contributed by atoms with Gasteiger partial charge in [0.05, 0.1) is 4.70 Å². The highest BCUT2D eigenvalue weighted by Gasteiger charge is 2.09. The van der Waals surface area contributed by atoms with E-state index >= 15 is 0 Å². The van der Waals surface area contributed by atoms with Gasteiger partial charge in [-0.2, -0.15) is 0 Å². The van der Waals surface area contributed by atoms with Gasteiger partial charge in [0.2, 0.25) is 0 Å². The Kier molecular flexibility index (Phi) is 2.20. The van der Waals surface area contributed by atoms with Crippen LogP contribution in [0.15, 0.2) is 18.5 Å². The van der Waals surface area contributed by atoms with Crippen molar-refractivity contribution in [2.45, 2.75) is 0 Å². The van der Waals surface area contributed by atoms with Crippen LogP contribution in [0.5, 0.6) is 0 Å². The second-order valence-corrected chi connectivity index (χ2v) is 4.69. The van der Waals surface area contributed by atoms with E-state index in [1.54, 1.807) is 18.5 Å². The quantitative estimate of drug-likeness (QED) is 0.824. The van der Waals surface area contributed by atoms with Crippen molar-refractivity contribution in [1.82, 2.24) is 4.98 Å². The molecule has 66 valence electrons. The molecule has 0 aliphatic heterocycles. The molecule has 0 spiro atoms. The average Bonchev–Trinajstić information content (AvgIpc) is 2.49. The molecule has 2 aromatic heterocycles. The van der Waals surface area contributed by atoms with Crippen LogP contribution >= 0.6 is 33.9 Å². The number of aromatic nitrogens is 1. The molecule has 0 aliphatic carbocycles. The first-order valence-electron chi connectivity index (χ1n) is 3.45. The van der Waals surface area contributed by atoms with Gasteiger partial charge in [-0.3, -0.25) is 4.98 Å². The van der Waals surface area contributed by atoms with E-state index in [-0.39, 0.29) is 0 Å².